The zero-order chi connectivity index (χ0) is 53.4. The van der Waals surface area contributed by atoms with E-state index in [0.29, 0.717) is 152 Å². The SMILES string of the molecule is COCCOCCOCCOc1ccc(-c2cc(CN3CCN(CC(=O)O)Cc4cccc(n4)CN(Cc4cc(-c5ccc(OCCOCCOCCOC)cc5C)cc(C(=O)O)n4)CC3)nc(C(=O)O)c2)c(C)c1. The zero-order valence-corrected chi connectivity index (χ0v) is 43.4. The van der Waals surface area contributed by atoms with E-state index in [1.807, 2.05) is 85.5 Å². The molecule has 0 atom stereocenters. The summed E-state index contributed by atoms with van der Waals surface area (Å²) in [6, 6.07) is 23.9. The Balaban J connectivity index is 1.20. The van der Waals surface area contributed by atoms with Crippen LogP contribution in [0.25, 0.3) is 22.3 Å². The minimum atomic E-state index is -1.17. The van der Waals surface area contributed by atoms with E-state index in [9.17, 15) is 29.7 Å². The summed E-state index contributed by atoms with van der Waals surface area (Å²) >= 11 is 0. The third-order valence-corrected chi connectivity index (χ3v) is 12.0. The Kier molecular flexibility index (Phi) is 23.7. The Morgan fingerprint density at radius 2 is 0.907 bits per heavy atom. The molecule has 75 heavy (non-hydrogen) atoms. The fourth-order valence-corrected chi connectivity index (χ4v) is 8.41. The molecule has 5 aromatic rings. The number of rotatable bonds is 30. The number of ether oxygens (including phenoxy) is 8. The van der Waals surface area contributed by atoms with Crippen LogP contribution in [0.5, 0.6) is 11.5 Å². The van der Waals surface area contributed by atoms with Crippen LogP contribution in [0.1, 0.15) is 54.9 Å². The van der Waals surface area contributed by atoms with Gasteiger partial charge in [-0.25, -0.2) is 19.6 Å². The molecule has 2 aromatic carbocycles. The topological polar surface area (TPSA) is 234 Å². The average molecular weight is 1040 g/mol. The molecule has 20 nitrogen and oxygen atoms in total. The summed E-state index contributed by atoms with van der Waals surface area (Å²) in [5.74, 6) is -2.01. The summed E-state index contributed by atoms with van der Waals surface area (Å²) < 4.78 is 43.9. The van der Waals surface area contributed by atoms with Crippen molar-refractivity contribution in [3.05, 3.63) is 124 Å². The lowest BCUT2D eigenvalue weighted by molar-refractivity contribution is -0.138. The highest BCUT2D eigenvalue weighted by atomic mass is 16.6. The number of hydrogen-bond donors (Lipinski definition) is 3. The summed E-state index contributed by atoms with van der Waals surface area (Å²) in [6.45, 7) is 11.8. The van der Waals surface area contributed by atoms with E-state index in [1.165, 1.54) is 0 Å². The van der Waals surface area contributed by atoms with Crippen molar-refractivity contribution in [3.63, 3.8) is 0 Å². The number of carboxylic acid groups (broad SMARTS) is 3. The minimum Gasteiger partial charge on any atom is -0.491 e. The molecule has 0 saturated heterocycles. The quantitative estimate of drug-likeness (QED) is 0.0465. The van der Waals surface area contributed by atoms with E-state index in [0.717, 1.165) is 27.9 Å². The first-order valence-electron chi connectivity index (χ1n) is 25.0. The van der Waals surface area contributed by atoms with Crippen molar-refractivity contribution in [2.24, 2.45) is 0 Å². The molecule has 3 N–H and O–H groups in total. The number of methoxy groups -OCH3 is 2. The van der Waals surface area contributed by atoms with E-state index < -0.39 is 17.9 Å². The zero-order valence-electron chi connectivity index (χ0n) is 43.4. The van der Waals surface area contributed by atoms with Crippen molar-refractivity contribution < 1.29 is 67.6 Å². The molecule has 1 aliphatic rings. The van der Waals surface area contributed by atoms with E-state index in [1.54, 1.807) is 26.4 Å². The van der Waals surface area contributed by atoms with Gasteiger partial charge in [-0.05, 0) is 108 Å². The Bertz CT molecular complexity index is 2620. The van der Waals surface area contributed by atoms with Gasteiger partial charge in [-0.1, -0.05) is 18.2 Å². The molecular weight excluding hydrogens is 969 g/mol. The normalized spacial score (nSPS) is 13.8. The maximum Gasteiger partial charge on any atom is 0.354 e. The molecule has 20 heteroatoms. The van der Waals surface area contributed by atoms with Crippen molar-refractivity contribution in [1.82, 2.24) is 29.7 Å². The van der Waals surface area contributed by atoms with Gasteiger partial charge >= 0.3 is 17.9 Å². The lowest BCUT2D eigenvalue weighted by Crippen LogP contribution is -2.41. The second kappa shape index (κ2) is 30.8. The largest absolute Gasteiger partial charge is 0.491 e. The van der Waals surface area contributed by atoms with E-state index in [4.69, 9.17) is 42.9 Å². The van der Waals surface area contributed by atoms with Crippen molar-refractivity contribution >= 4 is 17.9 Å². The van der Waals surface area contributed by atoms with Crippen LogP contribution in [0.15, 0.2) is 78.9 Å². The first kappa shape index (κ1) is 57.8. The number of aryl methyl sites for hydroxylation is 2. The predicted octanol–water partition coefficient (Wildman–Crippen LogP) is 5.74. The number of hydrogen-bond acceptors (Lipinski definition) is 17. The summed E-state index contributed by atoms with van der Waals surface area (Å²) in [5.41, 5.74) is 7.04. The average Bonchev–Trinajstić information content (AvgIpc) is 3.37. The van der Waals surface area contributed by atoms with Gasteiger partial charge in [-0.15, -0.1) is 0 Å². The van der Waals surface area contributed by atoms with Gasteiger partial charge in [-0.2, -0.15) is 0 Å². The molecule has 3 aromatic heterocycles. The highest BCUT2D eigenvalue weighted by molar-refractivity contribution is 5.88. The molecule has 6 rings (SSSR count). The third kappa shape index (κ3) is 19.6. The van der Waals surface area contributed by atoms with Gasteiger partial charge in [0.15, 0.2) is 0 Å². The highest BCUT2D eigenvalue weighted by Gasteiger charge is 2.22. The number of aromatic nitrogens is 3. The number of carboxylic acids is 3. The number of aliphatic carboxylic acids is 1. The monoisotopic (exact) mass is 1040 g/mol. The molecule has 2 bridgehead atoms. The van der Waals surface area contributed by atoms with Gasteiger partial charge in [-0.3, -0.25) is 24.5 Å². The van der Waals surface area contributed by atoms with Gasteiger partial charge in [0.1, 0.15) is 36.1 Å². The highest BCUT2D eigenvalue weighted by Crippen LogP contribution is 2.30. The standard InChI is InChI=1S/C55H70N6O14/c1-39-28-47(74-26-24-72-22-20-70-18-16-68-3)8-10-49(39)41-30-45(57-51(32-41)54(64)65)36-59-12-14-60(34-43-6-5-7-44(56-43)35-61(15-13-59)38-53(62)63)37-46-31-42(33-52(58-46)55(66)67)50-11-9-48(29-40(50)2)75-27-25-73-23-21-71-19-17-69-4/h5-11,28-33H,12-27,34-38H2,1-4H3,(H,62,63)(H,64,65)(H,66,67). The van der Waals surface area contributed by atoms with Crippen molar-refractivity contribution in [2.75, 3.05) is 126 Å². The number of aromatic carboxylic acids is 2. The van der Waals surface area contributed by atoms with Gasteiger partial charge in [0.05, 0.1) is 95.4 Å². The van der Waals surface area contributed by atoms with Crippen LogP contribution >= 0.6 is 0 Å². The smallest absolute Gasteiger partial charge is 0.354 e. The van der Waals surface area contributed by atoms with Gasteiger partial charge in [0, 0.05) is 66.6 Å². The number of pyridine rings is 3. The third-order valence-electron chi connectivity index (χ3n) is 12.0. The van der Waals surface area contributed by atoms with Crippen LogP contribution in [-0.4, -0.2) is 189 Å². The van der Waals surface area contributed by atoms with Crippen LogP contribution < -0.4 is 9.47 Å². The number of carbonyl (C=O) groups is 3. The maximum absolute atomic E-state index is 12.6. The van der Waals surface area contributed by atoms with Gasteiger partial charge < -0.3 is 53.2 Å². The maximum atomic E-state index is 12.6. The lowest BCUT2D eigenvalue weighted by Gasteiger charge is -2.30. The Hall–Kier alpha value is -6.46. The fourth-order valence-electron chi connectivity index (χ4n) is 8.41. The Morgan fingerprint density at radius 1 is 0.493 bits per heavy atom. The van der Waals surface area contributed by atoms with E-state index >= 15 is 0 Å². The first-order valence-corrected chi connectivity index (χ1v) is 25.0. The second-order valence-corrected chi connectivity index (χ2v) is 17.9. The van der Waals surface area contributed by atoms with E-state index in [-0.39, 0.29) is 37.6 Å². The number of benzene rings is 2. The van der Waals surface area contributed by atoms with Gasteiger partial charge in [0.25, 0.3) is 0 Å². The van der Waals surface area contributed by atoms with Crippen molar-refractivity contribution in [3.8, 4) is 33.8 Å². The fraction of sp³-hybridized carbons (Fsp3) is 0.455. The molecular formula is C55H70N6O14. The van der Waals surface area contributed by atoms with Crippen LogP contribution in [0.2, 0.25) is 0 Å². The summed E-state index contributed by atoms with van der Waals surface area (Å²) in [7, 11) is 3.24. The van der Waals surface area contributed by atoms with Crippen LogP contribution in [-0.2, 0) is 59.4 Å². The molecule has 1 aliphatic heterocycles. The number of fused-ring (bicyclic) bond motifs is 2. The molecule has 0 saturated carbocycles. The molecule has 0 fully saturated rings. The minimum absolute atomic E-state index is 0.0982. The molecule has 0 amide bonds. The second-order valence-electron chi connectivity index (χ2n) is 17.9. The van der Waals surface area contributed by atoms with Gasteiger partial charge in [0.2, 0.25) is 0 Å². The molecule has 0 aliphatic carbocycles. The molecule has 4 heterocycles. The Morgan fingerprint density at radius 3 is 1.35 bits per heavy atom. The molecule has 0 unspecified atom stereocenters. The Labute approximate surface area is 438 Å². The lowest BCUT2D eigenvalue weighted by atomic mass is 9.99. The predicted molar refractivity (Wildman–Crippen MR) is 277 cm³/mol. The first-order chi connectivity index (χ1) is 36.4. The number of nitrogens with zero attached hydrogens (tertiary/aromatic N) is 6. The van der Waals surface area contributed by atoms with Crippen LogP contribution in [0.4, 0.5) is 0 Å². The molecule has 0 radical (unpaired) electrons. The van der Waals surface area contributed by atoms with Crippen molar-refractivity contribution in [1.29, 1.82) is 0 Å². The van der Waals surface area contributed by atoms with Crippen LogP contribution in [0, 0.1) is 13.8 Å². The van der Waals surface area contributed by atoms with Crippen molar-refractivity contribution in [2.45, 2.75) is 40.0 Å². The molecule has 0 spiro atoms. The van der Waals surface area contributed by atoms with E-state index in [2.05, 4.69) is 19.8 Å². The molecule has 404 valence electrons. The van der Waals surface area contributed by atoms with Crippen LogP contribution in [0.3, 0.4) is 0 Å². The summed E-state index contributed by atoms with van der Waals surface area (Å²) in [6.07, 6.45) is 0. The summed E-state index contributed by atoms with van der Waals surface area (Å²) in [5, 5.41) is 30.5. The summed E-state index contributed by atoms with van der Waals surface area (Å²) in [4.78, 5) is 57.5.